The van der Waals surface area contributed by atoms with Crippen LogP contribution in [0.25, 0.3) is 0 Å². The Balaban J connectivity index is 1.75. The molecule has 2 aliphatic rings. The van der Waals surface area contributed by atoms with Gasteiger partial charge < -0.3 is 18.9 Å². The number of nitrogens with zero attached hydrogens (tertiary/aromatic N) is 1. The van der Waals surface area contributed by atoms with E-state index >= 15 is 0 Å². The summed E-state index contributed by atoms with van der Waals surface area (Å²) in [7, 11) is -0.291. The van der Waals surface area contributed by atoms with Crippen molar-refractivity contribution in [2.75, 3.05) is 24.7 Å². The van der Waals surface area contributed by atoms with Crippen molar-refractivity contribution in [1.29, 1.82) is 0 Å². The Hall–Kier alpha value is -1.04. The molecular weight excluding hydrogens is 277 g/mol. The van der Waals surface area contributed by atoms with Crippen molar-refractivity contribution in [3.63, 3.8) is 0 Å². The van der Waals surface area contributed by atoms with Crippen LogP contribution in [0.1, 0.15) is 34.6 Å². The van der Waals surface area contributed by atoms with E-state index in [1.54, 1.807) is 0 Å². The van der Waals surface area contributed by atoms with Crippen molar-refractivity contribution in [2.24, 2.45) is 0 Å². The average Bonchev–Trinajstić information content (AvgIpc) is 2.68. The molecule has 0 aromatic heterocycles. The van der Waals surface area contributed by atoms with Crippen LogP contribution in [0.15, 0.2) is 24.3 Å². The molecule has 3 rings (SSSR count). The summed E-state index contributed by atoms with van der Waals surface area (Å²) in [6.45, 7) is 13.0. The molecule has 4 nitrogen and oxygen atoms in total. The SMILES string of the molecule is CC1COCCN1c1ccc(B2OC(C)(C)C(C)(C)O2)cc1. The van der Waals surface area contributed by atoms with Crippen molar-refractivity contribution in [1.82, 2.24) is 0 Å². The van der Waals surface area contributed by atoms with Crippen molar-refractivity contribution >= 4 is 18.3 Å². The first kappa shape index (κ1) is 15.8. The van der Waals surface area contributed by atoms with Crippen LogP contribution >= 0.6 is 0 Å². The molecule has 0 radical (unpaired) electrons. The highest BCUT2D eigenvalue weighted by molar-refractivity contribution is 6.62. The zero-order valence-corrected chi connectivity index (χ0v) is 14.3. The number of hydrogen-bond acceptors (Lipinski definition) is 4. The van der Waals surface area contributed by atoms with Gasteiger partial charge >= 0.3 is 7.12 Å². The number of anilines is 1. The molecule has 1 aromatic rings. The lowest BCUT2D eigenvalue weighted by molar-refractivity contribution is 0.00578. The summed E-state index contributed by atoms with van der Waals surface area (Å²) in [4.78, 5) is 2.39. The van der Waals surface area contributed by atoms with Crippen molar-refractivity contribution < 1.29 is 14.0 Å². The third-order valence-corrected chi connectivity index (χ3v) is 5.12. The first-order valence-electron chi connectivity index (χ1n) is 8.10. The fourth-order valence-electron chi connectivity index (χ4n) is 2.91. The molecule has 2 aliphatic heterocycles. The van der Waals surface area contributed by atoms with E-state index in [0.717, 1.165) is 25.2 Å². The molecule has 0 spiro atoms. The molecule has 2 heterocycles. The van der Waals surface area contributed by atoms with Gasteiger partial charge in [0.05, 0.1) is 24.4 Å². The van der Waals surface area contributed by atoms with Gasteiger partial charge in [0.1, 0.15) is 0 Å². The topological polar surface area (TPSA) is 30.9 Å². The zero-order chi connectivity index (χ0) is 16.0. The normalized spacial score (nSPS) is 27.2. The van der Waals surface area contributed by atoms with Crippen LogP contribution < -0.4 is 10.4 Å². The molecule has 0 bridgehead atoms. The second-order valence-corrected chi connectivity index (χ2v) is 7.30. The lowest BCUT2D eigenvalue weighted by atomic mass is 9.79. The van der Waals surface area contributed by atoms with Crippen LogP contribution in [-0.4, -0.2) is 44.1 Å². The Bertz CT molecular complexity index is 513. The van der Waals surface area contributed by atoms with Crippen LogP contribution in [-0.2, 0) is 14.0 Å². The highest BCUT2D eigenvalue weighted by Gasteiger charge is 2.51. The molecule has 0 aliphatic carbocycles. The molecule has 5 heteroatoms. The Kier molecular flexibility index (Phi) is 4.00. The Morgan fingerprint density at radius 2 is 1.64 bits per heavy atom. The second kappa shape index (κ2) is 5.55. The summed E-state index contributed by atoms with van der Waals surface area (Å²) in [6, 6.07) is 8.94. The predicted molar refractivity (Wildman–Crippen MR) is 89.8 cm³/mol. The van der Waals surface area contributed by atoms with Gasteiger partial charge in [0.15, 0.2) is 0 Å². The first-order chi connectivity index (χ1) is 10.3. The minimum Gasteiger partial charge on any atom is -0.399 e. The number of ether oxygens (including phenoxy) is 1. The maximum Gasteiger partial charge on any atom is 0.494 e. The van der Waals surface area contributed by atoms with Gasteiger partial charge in [-0.3, -0.25) is 0 Å². The van der Waals surface area contributed by atoms with Crippen molar-refractivity contribution in [3.8, 4) is 0 Å². The third-order valence-electron chi connectivity index (χ3n) is 5.12. The van der Waals surface area contributed by atoms with Gasteiger partial charge in [0, 0.05) is 18.3 Å². The van der Waals surface area contributed by atoms with Gasteiger partial charge in [-0.25, -0.2) is 0 Å². The maximum absolute atomic E-state index is 6.10. The summed E-state index contributed by atoms with van der Waals surface area (Å²) >= 11 is 0. The molecule has 0 N–H and O–H groups in total. The van der Waals surface area contributed by atoms with Crippen LogP contribution in [0.5, 0.6) is 0 Å². The highest BCUT2D eigenvalue weighted by Crippen LogP contribution is 2.36. The van der Waals surface area contributed by atoms with Crippen LogP contribution in [0.3, 0.4) is 0 Å². The molecule has 0 amide bonds. The lowest BCUT2D eigenvalue weighted by Crippen LogP contribution is -2.44. The summed E-state index contributed by atoms with van der Waals surface area (Å²) in [6.07, 6.45) is 0. The Labute approximate surface area is 133 Å². The fourth-order valence-corrected chi connectivity index (χ4v) is 2.91. The lowest BCUT2D eigenvalue weighted by Gasteiger charge is -2.35. The van der Waals surface area contributed by atoms with Gasteiger partial charge in [0.2, 0.25) is 0 Å². The van der Waals surface area contributed by atoms with Gasteiger partial charge in [-0.15, -0.1) is 0 Å². The molecule has 22 heavy (non-hydrogen) atoms. The van der Waals surface area contributed by atoms with Gasteiger partial charge in [-0.1, -0.05) is 12.1 Å². The number of rotatable bonds is 2. The molecule has 120 valence electrons. The summed E-state index contributed by atoms with van der Waals surface area (Å²) in [5.41, 5.74) is 1.71. The smallest absolute Gasteiger partial charge is 0.399 e. The van der Waals surface area contributed by atoms with E-state index in [-0.39, 0.29) is 18.3 Å². The van der Waals surface area contributed by atoms with E-state index in [9.17, 15) is 0 Å². The molecule has 0 saturated carbocycles. The minimum atomic E-state index is -0.297. The number of benzene rings is 1. The maximum atomic E-state index is 6.10. The summed E-state index contributed by atoms with van der Waals surface area (Å²) < 4.78 is 17.7. The van der Waals surface area contributed by atoms with E-state index in [2.05, 4.69) is 63.8 Å². The summed E-state index contributed by atoms with van der Waals surface area (Å²) in [5.74, 6) is 0. The number of morpholine rings is 1. The minimum absolute atomic E-state index is 0.291. The zero-order valence-electron chi connectivity index (χ0n) is 14.3. The van der Waals surface area contributed by atoms with Gasteiger partial charge in [0.25, 0.3) is 0 Å². The first-order valence-corrected chi connectivity index (χ1v) is 8.10. The second-order valence-electron chi connectivity index (χ2n) is 7.30. The van der Waals surface area contributed by atoms with Crippen LogP contribution in [0, 0.1) is 0 Å². The quantitative estimate of drug-likeness (QED) is 0.784. The molecular formula is C17H26BNO3. The standard InChI is InChI=1S/C17H26BNO3/c1-13-12-20-11-10-19(13)15-8-6-14(7-9-15)18-21-16(2,3)17(4,5)22-18/h6-9,13H,10-12H2,1-5H3. The molecule has 2 fully saturated rings. The average molecular weight is 303 g/mol. The van der Waals surface area contributed by atoms with Crippen molar-refractivity contribution in [3.05, 3.63) is 24.3 Å². The van der Waals surface area contributed by atoms with E-state index in [4.69, 9.17) is 14.0 Å². The predicted octanol–water partition coefficient (Wildman–Crippen LogP) is 2.21. The van der Waals surface area contributed by atoms with Gasteiger partial charge in [-0.2, -0.15) is 0 Å². The third kappa shape index (κ3) is 2.77. The molecule has 1 atom stereocenters. The molecule has 2 saturated heterocycles. The molecule has 1 unspecified atom stereocenters. The largest absolute Gasteiger partial charge is 0.494 e. The highest BCUT2D eigenvalue weighted by atomic mass is 16.7. The van der Waals surface area contributed by atoms with E-state index < -0.39 is 0 Å². The Morgan fingerprint density at radius 1 is 1.05 bits per heavy atom. The van der Waals surface area contributed by atoms with Crippen LogP contribution in [0.2, 0.25) is 0 Å². The Morgan fingerprint density at radius 3 is 2.18 bits per heavy atom. The monoisotopic (exact) mass is 303 g/mol. The van der Waals surface area contributed by atoms with E-state index in [0.29, 0.717) is 6.04 Å². The number of hydrogen-bond donors (Lipinski definition) is 0. The van der Waals surface area contributed by atoms with Crippen molar-refractivity contribution in [2.45, 2.75) is 51.9 Å². The fraction of sp³-hybridized carbons (Fsp3) is 0.647. The van der Waals surface area contributed by atoms with E-state index in [1.807, 2.05) is 0 Å². The van der Waals surface area contributed by atoms with Crippen LogP contribution in [0.4, 0.5) is 5.69 Å². The van der Waals surface area contributed by atoms with E-state index in [1.165, 1.54) is 5.69 Å². The molecule has 1 aromatic carbocycles. The van der Waals surface area contributed by atoms with Gasteiger partial charge in [-0.05, 0) is 52.2 Å². The summed E-state index contributed by atoms with van der Waals surface area (Å²) in [5, 5.41) is 0.